The molecule has 2 aromatic rings. The molecule has 2 aromatic carbocycles. The molecule has 0 spiro atoms. The van der Waals surface area contributed by atoms with Crippen molar-refractivity contribution in [2.45, 2.75) is 18.8 Å². The quantitative estimate of drug-likeness (QED) is 0.847. The molecule has 0 radical (unpaired) electrons. The van der Waals surface area contributed by atoms with Crippen molar-refractivity contribution in [1.29, 1.82) is 0 Å². The van der Waals surface area contributed by atoms with Crippen LogP contribution in [0.5, 0.6) is 11.5 Å². The molecule has 0 aromatic heterocycles. The van der Waals surface area contributed by atoms with Crippen molar-refractivity contribution in [3.05, 3.63) is 59.7 Å². The highest BCUT2D eigenvalue weighted by molar-refractivity contribution is 5.78. The van der Waals surface area contributed by atoms with Crippen molar-refractivity contribution in [2.24, 2.45) is 0 Å². The molecule has 0 aliphatic carbocycles. The lowest BCUT2D eigenvalue weighted by Gasteiger charge is -2.24. The second kappa shape index (κ2) is 7.79. The number of carbonyl (C=O) groups excluding carboxylic acids is 1. The van der Waals surface area contributed by atoms with E-state index < -0.39 is 0 Å². The van der Waals surface area contributed by atoms with E-state index in [-0.39, 0.29) is 18.6 Å². The molecule has 1 fully saturated rings. The minimum absolute atomic E-state index is 0.0117. The van der Waals surface area contributed by atoms with Gasteiger partial charge in [-0.2, -0.15) is 0 Å². The molecular formula is C21H23NO4. The first-order valence-electron chi connectivity index (χ1n) is 9.11. The average Bonchev–Trinajstić information content (AvgIpc) is 2.98. The van der Waals surface area contributed by atoms with Crippen LogP contribution in [0, 0.1) is 0 Å². The summed E-state index contributed by atoms with van der Waals surface area (Å²) in [6.45, 7) is 3.03. The van der Waals surface area contributed by atoms with Gasteiger partial charge < -0.3 is 19.1 Å². The largest absolute Gasteiger partial charge is 0.454 e. The van der Waals surface area contributed by atoms with E-state index in [0.717, 1.165) is 42.2 Å². The highest BCUT2D eigenvalue weighted by Gasteiger charge is 2.24. The first-order chi connectivity index (χ1) is 12.8. The number of benzene rings is 2. The van der Waals surface area contributed by atoms with Crippen molar-refractivity contribution in [2.75, 3.05) is 33.1 Å². The maximum absolute atomic E-state index is 13.0. The first kappa shape index (κ1) is 16.9. The van der Waals surface area contributed by atoms with Gasteiger partial charge in [0.05, 0.1) is 6.61 Å². The number of amides is 1. The summed E-state index contributed by atoms with van der Waals surface area (Å²) in [5.41, 5.74) is 2.20. The number of rotatable bonds is 4. The average molecular weight is 353 g/mol. The summed E-state index contributed by atoms with van der Waals surface area (Å²) in [6, 6.07) is 16.1. The second-order valence-electron chi connectivity index (χ2n) is 6.63. The normalized spacial score (nSPS) is 17.6. The van der Waals surface area contributed by atoms with Crippen molar-refractivity contribution >= 4 is 5.91 Å². The summed E-state index contributed by atoms with van der Waals surface area (Å²) in [5.74, 6) is 1.67. The summed E-state index contributed by atoms with van der Waals surface area (Å²) in [5, 5.41) is 0. The van der Waals surface area contributed by atoms with Gasteiger partial charge in [0.15, 0.2) is 11.5 Å². The standard InChI is InChI=1S/C21H23NO4/c23-21(22-9-4-11-24-12-10-22)14-18(16-5-2-1-3-6-16)17-7-8-19-20(13-17)26-15-25-19/h1-3,5-8,13,18H,4,9-12,14-15H2/t18-/m1/s1. The molecular weight excluding hydrogens is 330 g/mol. The van der Waals surface area contributed by atoms with E-state index in [1.165, 1.54) is 0 Å². The lowest BCUT2D eigenvalue weighted by atomic mass is 9.88. The fourth-order valence-electron chi connectivity index (χ4n) is 3.54. The van der Waals surface area contributed by atoms with E-state index in [1.54, 1.807) is 0 Å². The first-order valence-corrected chi connectivity index (χ1v) is 9.11. The van der Waals surface area contributed by atoms with Crippen LogP contribution < -0.4 is 9.47 Å². The predicted molar refractivity (Wildman–Crippen MR) is 97.5 cm³/mol. The molecule has 5 heteroatoms. The molecule has 2 heterocycles. The number of hydrogen-bond donors (Lipinski definition) is 0. The SMILES string of the molecule is O=C(C[C@H](c1ccccc1)c1ccc2c(c1)OCO2)N1CCCOCC1. The molecule has 5 nitrogen and oxygen atoms in total. The molecule has 2 aliphatic heterocycles. The van der Waals surface area contributed by atoms with Gasteiger partial charge in [-0.1, -0.05) is 36.4 Å². The Hall–Kier alpha value is -2.53. The number of nitrogens with zero attached hydrogens (tertiary/aromatic N) is 1. The third-order valence-corrected chi connectivity index (χ3v) is 4.95. The van der Waals surface area contributed by atoms with Gasteiger partial charge in [0.1, 0.15) is 0 Å². The molecule has 1 amide bonds. The van der Waals surface area contributed by atoms with E-state index in [0.29, 0.717) is 19.6 Å². The Balaban J connectivity index is 1.60. The Bertz CT molecular complexity index is 754. The third kappa shape index (κ3) is 3.68. The van der Waals surface area contributed by atoms with Crippen LogP contribution >= 0.6 is 0 Å². The second-order valence-corrected chi connectivity index (χ2v) is 6.63. The van der Waals surface area contributed by atoms with Crippen LogP contribution in [0.15, 0.2) is 48.5 Å². The van der Waals surface area contributed by atoms with E-state index in [2.05, 4.69) is 12.1 Å². The predicted octanol–water partition coefficient (Wildman–Crippen LogP) is 3.19. The topological polar surface area (TPSA) is 48.0 Å². The van der Waals surface area contributed by atoms with Gasteiger partial charge in [-0.3, -0.25) is 4.79 Å². The highest BCUT2D eigenvalue weighted by Crippen LogP contribution is 2.37. The Morgan fingerprint density at radius 1 is 0.962 bits per heavy atom. The van der Waals surface area contributed by atoms with E-state index in [4.69, 9.17) is 14.2 Å². The van der Waals surface area contributed by atoms with Crippen LogP contribution in [0.3, 0.4) is 0 Å². The van der Waals surface area contributed by atoms with Crippen LogP contribution in [0.2, 0.25) is 0 Å². The summed E-state index contributed by atoms with van der Waals surface area (Å²) in [6.07, 6.45) is 1.33. The monoisotopic (exact) mass is 353 g/mol. The van der Waals surface area contributed by atoms with E-state index in [1.807, 2.05) is 41.3 Å². The van der Waals surface area contributed by atoms with Crippen molar-refractivity contribution in [3.63, 3.8) is 0 Å². The Morgan fingerprint density at radius 3 is 2.69 bits per heavy atom. The van der Waals surface area contributed by atoms with Gasteiger partial charge in [-0.25, -0.2) is 0 Å². The molecule has 0 saturated carbocycles. The van der Waals surface area contributed by atoms with E-state index in [9.17, 15) is 4.79 Å². The van der Waals surface area contributed by atoms with Gasteiger partial charge in [0, 0.05) is 32.0 Å². The molecule has 4 rings (SSSR count). The van der Waals surface area contributed by atoms with Gasteiger partial charge >= 0.3 is 0 Å². The molecule has 136 valence electrons. The maximum atomic E-state index is 13.0. The number of hydrogen-bond acceptors (Lipinski definition) is 4. The zero-order valence-electron chi connectivity index (χ0n) is 14.7. The minimum atomic E-state index is -0.0117. The lowest BCUT2D eigenvalue weighted by molar-refractivity contribution is -0.131. The van der Waals surface area contributed by atoms with Gasteiger partial charge in [0.25, 0.3) is 0 Å². The fourth-order valence-corrected chi connectivity index (χ4v) is 3.54. The summed E-state index contributed by atoms with van der Waals surface area (Å²) in [7, 11) is 0. The Labute approximate surface area is 153 Å². The highest BCUT2D eigenvalue weighted by atomic mass is 16.7. The summed E-state index contributed by atoms with van der Waals surface area (Å²) in [4.78, 5) is 14.9. The van der Waals surface area contributed by atoms with Crippen molar-refractivity contribution in [1.82, 2.24) is 4.90 Å². The number of fused-ring (bicyclic) bond motifs is 1. The zero-order chi connectivity index (χ0) is 17.8. The third-order valence-electron chi connectivity index (χ3n) is 4.95. The maximum Gasteiger partial charge on any atom is 0.231 e. The van der Waals surface area contributed by atoms with E-state index >= 15 is 0 Å². The minimum Gasteiger partial charge on any atom is -0.454 e. The zero-order valence-corrected chi connectivity index (χ0v) is 14.7. The molecule has 26 heavy (non-hydrogen) atoms. The van der Waals surface area contributed by atoms with Crippen LogP contribution in [-0.2, 0) is 9.53 Å². The van der Waals surface area contributed by atoms with Crippen molar-refractivity contribution < 1.29 is 19.0 Å². The number of carbonyl (C=O) groups is 1. The summed E-state index contributed by atoms with van der Waals surface area (Å²) >= 11 is 0. The van der Waals surface area contributed by atoms with Gasteiger partial charge in [0.2, 0.25) is 12.7 Å². The van der Waals surface area contributed by atoms with Crippen LogP contribution in [0.1, 0.15) is 29.9 Å². The smallest absolute Gasteiger partial charge is 0.231 e. The van der Waals surface area contributed by atoms with Crippen LogP contribution in [0.4, 0.5) is 0 Å². The molecule has 0 unspecified atom stereocenters. The van der Waals surface area contributed by atoms with Crippen LogP contribution in [0.25, 0.3) is 0 Å². The molecule has 1 saturated heterocycles. The Morgan fingerprint density at radius 2 is 1.81 bits per heavy atom. The van der Waals surface area contributed by atoms with Gasteiger partial charge in [-0.15, -0.1) is 0 Å². The number of ether oxygens (including phenoxy) is 3. The van der Waals surface area contributed by atoms with Crippen molar-refractivity contribution in [3.8, 4) is 11.5 Å². The van der Waals surface area contributed by atoms with Crippen LogP contribution in [-0.4, -0.2) is 43.9 Å². The summed E-state index contributed by atoms with van der Waals surface area (Å²) < 4.78 is 16.4. The lowest BCUT2D eigenvalue weighted by Crippen LogP contribution is -2.34. The Kier molecular flexibility index (Phi) is 5.07. The fraction of sp³-hybridized carbons (Fsp3) is 0.381. The molecule has 1 atom stereocenters. The molecule has 0 N–H and O–H groups in total. The molecule has 0 bridgehead atoms. The van der Waals surface area contributed by atoms with Gasteiger partial charge in [-0.05, 0) is 29.7 Å². The molecule has 2 aliphatic rings.